The van der Waals surface area contributed by atoms with E-state index in [1.807, 2.05) is 0 Å². The van der Waals surface area contributed by atoms with Crippen molar-refractivity contribution in [3.63, 3.8) is 0 Å². The molecule has 1 atom stereocenters. The second-order valence-electron chi connectivity index (χ2n) is 4.59. The molecule has 0 aliphatic carbocycles. The molecule has 1 N–H and O–H groups in total. The van der Waals surface area contributed by atoms with Crippen LogP contribution in [0.15, 0.2) is 6.20 Å². The molecule has 1 aliphatic heterocycles. The van der Waals surface area contributed by atoms with Crippen molar-refractivity contribution in [3.8, 4) is 0 Å². The predicted molar refractivity (Wildman–Crippen MR) is 61.0 cm³/mol. The molecule has 1 unspecified atom stereocenters. The summed E-state index contributed by atoms with van der Waals surface area (Å²) in [5.74, 6) is 0. The van der Waals surface area contributed by atoms with Crippen molar-refractivity contribution in [2.75, 3.05) is 6.54 Å². The minimum Gasteiger partial charge on any atom is -0.314 e. The van der Waals surface area contributed by atoms with Crippen LogP contribution in [0.25, 0.3) is 0 Å². The molecule has 15 heavy (non-hydrogen) atoms. The van der Waals surface area contributed by atoms with Crippen LogP contribution < -0.4 is 5.32 Å². The van der Waals surface area contributed by atoms with Crippen LogP contribution in [-0.2, 0) is 12.1 Å². The Kier molecular flexibility index (Phi) is 3.07. The highest BCUT2D eigenvalue weighted by molar-refractivity contribution is 7.11. The standard InChI is InChI=1S/C11H17FN2S/c1-11(2,12)9-7-14-10(15-9)6-8-4-3-5-13-8/h7-8,13H,3-6H2,1-2H3. The van der Waals surface area contributed by atoms with Gasteiger partial charge in [0.1, 0.15) is 5.67 Å². The minimum atomic E-state index is -1.25. The van der Waals surface area contributed by atoms with Crippen molar-refractivity contribution in [3.05, 3.63) is 16.1 Å². The van der Waals surface area contributed by atoms with Gasteiger partial charge in [-0.25, -0.2) is 9.37 Å². The molecule has 0 spiro atoms. The molecule has 0 saturated carbocycles. The van der Waals surface area contributed by atoms with E-state index in [0.29, 0.717) is 6.04 Å². The van der Waals surface area contributed by atoms with Gasteiger partial charge < -0.3 is 5.32 Å². The Labute approximate surface area is 93.9 Å². The van der Waals surface area contributed by atoms with E-state index in [9.17, 15) is 4.39 Å². The van der Waals surface area contributed by atoms with E-state index in [0.717, 1.165) is 22.9 Å². The average Bonchev–Trinajstić information content (AvgIpc) is 2.73. The largest absolute Gasteiger partial charge is 0.314 e. The minimum absolute atomic E-state index is 0.548. The first-order valence-corrected chi connectivity index (χ1v) is 6.25. The van der Waals surface area contributed by atoms with Crippen molar-refractivity contribution in [2.24, 2.45) is 0 Å². The number of hydrogen-bond acceptors (Lipinski definition) is 3. The first kappa shape index (κ1) is 11.0. The van der Waals surface area contributed by atoms with Crippen LogP contribution in [0.3, 0.4) is 0 Å². The Morgan fingerprint density at radius 3 is 3.00 bits per heavy atom. The average molecular weight is 228 g/mol. The van der Waals surface area contributed by atoms with Crippen LogP contribution in [0, 0.1) is 0 Å². The fourth-order valence-electron chi connectivity index (χ4n) is 1.82. The van der Waals surface area contributed by atoms with Gasteiger partial charge in [-0.05, 0) is 33.2 Å². The number of aromatic nitrogens is 1. The van der Waals surface area contributed by atoms with E-state index in [4.69, 9.17) is 0 Å². The zero-order valence-electron chi connectivity index (χ0n) is 9.22. The molecule has 0 bridgehead atoms. The van der Waals surface area contributed by atoms with E-state index in [1.165, 1.54) is 24.2 Å². The number of nitrogens with one attached hydrogen (secondary N) is 1. The SMILES string of the molecule is CC(C)(F)c1cnc(CC2CCCN2)s1. The van der Waals surface area contributed by atoms with Gasteiger partial charge in [0.15, 0.2) is 0 Å². The highest BCUT2D eigenvalue weighted by atomic mass is 32.1. The molecule has 0 amide bonds. The van der Waals surface area contributed by atoms with Gasteiger partial charge in [0.2, 0.25) is 0 Å². The lowest BCUT2D eigenvalue weighted by molar-refractivity contribution is 0.226. The predicted octanol–water partition coefficient (Wildman–Crippen LogP) is 2.64. The molecule has 1 aliphatic rings. The van der Waals surface area contributed by atoms with Crippen LogP contribution in [0.2, 0.25) is 0 Å². The monoisotopic (exact) mass is 228 g/mol. The zero-order valence-corrected chi connectivity index (χ0v) is 10.0. The van der Waals surface area contributed by atoms with Crippen LogP contribution in [0.1, 0.15) is 36.6 Å². The summed E-state index contributed by atoms with van der Waals surface area (Å²) in [6, 6.07) is 0.548. The molecule has 4 heteroatoms. The maximum Gasteiger partial charge on any atom is 0.141 e. The Hall–Kier alpha value is -0.480. The van der Waals surface area contributed by atoms with Gasteiger partial charge in [-0.15, -0.1) is 11.3 Å². The summed E-state index contributed by atoms with van der Waals surface area (Å²) in [4.78, 5) is 5.02. The summed E-state index contributed by atoms with van der Waals surface area (Å²) in [6.07, 6.45) is 5.08. The third-order valence-electron chi connectivity index (χ3n) is 2.72. The molecule has 84 valence electrons. The Balaban J connectivity index is 2.00. The molecular formula is C11H17FN2S. The molecule has 2 rings (SSSR count). The van der Waals surface area contributed by atoms with Gasteiger partial charge >= 0.3 is 0 Å². The van der Waals surface area contributed by atoms with Crippen LogP contribution >= 0.6 is 11.3 Å². The second-order valence-corrected chi connectivity index (χ2v) is 5.70. The van der Waals surface area contributed by atoms with E-state index in [2.05, 4.69) is 10.3 Å². The number of rotatable bonds is 3. The normalized spacial score (nSPS) is 22.2. The number of nitrogens with zero attached hydrogens (tertiary/aromatic N) is 1. The lowest BCUT2D eigenvalue weighted by Crippen LogP contribution is -2.23. The third-order valence-corrected chi connectivity index (χ3v) is 4.04. The van der Waals surface area contributed by atoms with Gasteiger partial charge in [-0.2, -0.15) is 0 Å². The lowest BCUT2D eigenvalue weighted by atomic mass is 10.1. The second kappa shape index (κ2) is 4.18. The molecule has 2 heterocycles. The van der Waals surface area contributed by atoms with Gasteiger partial charge in [0.25, 0.3) is 0 Å². The molecule has 1 aromatic rings. The molecule has 2 nitrogen and oxygen atoms in total. The van der Waals surface area contributed by atoms with Crippen molar-refractivity contribution in [1.29, 1.82) is 0 Å². The van der Waals surface area contributed by atoms with Crippen molar-refractivity contribution in [1.82, 2.24) is 10.3 Å². The number of hydrogen-bond donors (Lipinski definition) is 1. The Morgan fingerprint density at radius 1 is 1.67 bits per heavy atom. The summed E-state index contributed by atoms with van der Waals surface area (Å²) < 4.78 is 13.6. The van der Waals surface area contributed by atoms with E-state index in [1.54, 1.807) is 20.0 Å². The zero-order chi connectivity index (χ0) is 10.9. The molecule has 1 aromatic heterocycles. The van der Waals surface area contributed by atoms with Crippen molar-refractivity contribution >= 4 is 11.3 Å². The maximum absolute atomic E-state index is 13.6. The fraction of sp³-hybridized carbons (Fsp3) is 0.727. The first-order chi connectivity index (χ1) is 7.05. The van der Waals surface area contributed by atoms with Gasteiger partial charge in [0.05, 0.1) is 9.88 Å². The Bertz CT molecular complexity index is 324. The van der Waals surface area contributed by atoms with E-state index in [-0.39, 0.29) is 0 Å². The summed E-state index contributed by atoms with van der Waals surface area (Å²) in [5.41, 5.74) is -1.25. The van der Waals surface area contributed by atoms with Crippen molar-refractivity contribution < 1.29 is 4.39 Å². The lowest BCUT2D eigenvalue weighted by Gasteiger charge is -2.10. The quantitative estimate of drug-likeness (QED) is 0.860. The Morgan fingerprint density at radius 2 is 2.47 bits per heavy atom. The summed E-state index contributed by atoms with van der Waals surface area (Å²) in [5, 5.41) is 4.48. The molecule has 1 fully saturated rings. The number of alkyl halides is 1. The molecule has 0 radical (unpaired) electrons. The molecule has 1 saturated heterocycles. The summed E-state index contributed by atoms with van der Waals surface area (Å²) >= 11 is 1.50. The maximum atomic E-state index is 13.6. The first-order valence-electron chi connectivity index (χ1n) is 5.43. The molecular weight excluding hydrogens is 211 g/mol. The number of thiazole rings is 1. The third kappa shape index (κ3) is 2.75. The van der Waals surface area contributed by atoms with Crippen LogP contribution in [0.5, 0.6) is 0 Å². The molecule has 0 aromatic carbocycles. The smallest absolute Gasteiger partial charge is 0.141 e. The van der Waals surface area contributed by atoms with Crippen molar-refractivity contribution in [2.45, 2.75) is 44.8 Å². The van der Waals surface area contributed by atoms with E-state index >= 15 is 0 Å². The van der Waals surface area contributed by atoms with Crippen LogP contribution in [-0.4, -0.2) is 17.6 Å². The fourth-order valence-corrected chi connectivity index (χ4v) is 2.81. The van der Waals surface area contributed by atoms with Gasteiger partial charge in [-0.1, -0.05) is 0 Å². The van der Waals surface area contributed by atoms with Gasteiger partial charge in [-0.3, -0.25) is 0 Å². The van der Waals surface area contributed by atoms with E-state index < -0.39 is 5.67 Å². The highest BCUT2D eigenvalue weighted by Gasteiger charge is 2.23. The summed E-state index contributed by atoms with van der Waals surface area (Å²) in [7, 11) is 0. The van der Waals surface area contributed by atoms with Gasteiger partial charge in [0, 0.05) is 18.7 Å². The highest BCUT2D eigenvalue weighted by Crippen LogP contribution is 2.30. The number of halogens is 1. The summed E-state index contributed by atoms with van der Waals surface area (Å²) in [6.45, 7) is 4.27. The van der Waals surface area contributed by atoms with Crippen LogP contribution in [0.4, 0.5) is 4.39 Å². The topological polar surface area (TPSA) is 24.9 Å².